The fourth-order valence-corrected chi connectivity index (χ4v) is 4.97. The molecule has 1 aromatic carbocycles. The number of hydrogen-bond donors (Lipinski definition) is 3. The van der Waals surface area contributed by atoms with Crippen LogP contribution in [0.1, 0.15) is 134 Å². The average Bonchev–Trinajstić information content (AvgIpc) is 2.78. The molecular weight excluding hydrogens is 432 g/mol. The average molecular weight is 489 g/mol. The SMILES string of the molecule is CCCCc1c(O)c(C)c(C)c(O)c1C=C[C@](C)(O)CCC[C@H](C)CCC[C@H](C)CCCC(C)C. The van der Waals surface area contributed by atoms with Crippen LogP contribution in [0.5, 0.6) is 11.5 Å². The maximum atomic E-state index is 11.0. The van der Waals surface area contributed by atoms with Gasteiger partial charge in [0.2, 0.25) is 0 Å². The van der Waals surface area contributed by atoms with Crippen LogP contribution in [0, 0.1) is 31.6 Å². The summed E-state index contributed by atoms with van der Waals surface area (Å²) in [6.45, 7) is 17.0. The maximum Gasteiger partial charge on any atom is 0.126 e. The quantitative estimate of drug-likeness (QED) is 0.191. The van der Waals surface area contributed by atoms with Gasteiger partial charge in [-0.2, -0.15) is 0 Å². The molecule has 35 heavy (non-hydrogen) atoms. The number of aromatic hydroxyl groups is 2. The molecule has 0 radical (unpaired) electrons. The summed E-state index contributed by atoms with van der Waals surface area (Å²) in [5.74, 6) is 2.81. The molecule has 0 aliphatic carbocycles. The Morgan fingerprint density at radius 2 is 1.29 bits per heavy atom. The third-order valence-corrected chi connectivity index (χ3v) is 7.78. The van der Waals surface area contributed by atoms with E-state index in [9.17, 15) is 15.3 Å². The van der Waals surface area contributed by atoms with Crippen molar-refractivity contribution in [2.45, 2.75) is 138 Å². The highest BCUT2D eigenvalue weighted by Crippen LogP contribution is 2.39. The van der Waals surface area contributed by atoms with Gasteiger partial charge in [0, 0.05) is 11.1 Å². The van der Waals surface area contributed by atoms with E-state index in [4.69, 9.17) is 0 Å². The number of hydrogen-bond acceptors (Lipinski definition) is 3. The van der Waals surface area contributed by atoms with E-state index in [0.717, 1.165) is 48.6 Å². The van der Waals surface area contributed by atoms with E-state index in [1.54, 1.807) is 6.08 Å². The molecule has 0 aliphatic rings. The Balaban J connectivity index is 2.59. The van der Waals surface area contributed by atoms with Crippen LogP contribution < -0.4 is 0 Å². The first kappa shape index (κ1) is 31.5. The van der Waals surface area contributed by atoms with Crippen molar-refractivity contribution in [2.75, 3.05) is 0 Å². The fraction of sp³-hybridized carbons (Fsp3) is 0.750. The van der Waals surface area contributed by atoms with Crippen LogP contribution in [0.4, 0.5) is 0 Å². The van der Waals surface area contributed by atoms with Gasteiger partial charge < -0.3 is 15.3 Å². The van der Waals surface area contributed by atoms with Crippen LogP contribution in [-0.4, -0.2) is 20.9 Å². The lowest BCUT2D eigenvalue weighted by Gasteiger charge is -2.21. The molecule has 0 amide bonds. The second-order valence-electron chi connectivity index (χ2n) is 12.0. The molecular formula is C32H56O3. The Labute approximate surface area is 217 Å². The first-order chi connectivity index (χ1) is 16.4. The lowest BCUT2D eigenvalue weighted by Crippen LogP contribution is -2.20. The van der Waals surface area contributed by atoms with Gasteiger partial charge in [0.1, 0.15) is 11.5 Å². The summed E-state index contributed by atoms with van der Waals surface area (Å²) in [4.78, 5) is 0. The zero-order valence-electron chi connectivity index (χ0n) is 24.2. The van der Waals surface area contributed by atoms with Crippen LogP contribution in [0.2, 0.25) is 0 Å². The van der Waals surface area contributed by atoms with Crippen molar-refractivity contribution in [1.29, 1.82) is 0 Å². The summed E-state index contributed by atoms with van der Waals surface area (Å²) in [5, 5.41) is 32.5. The van der Waals surface area contributed by atoms with Crippen LogP contribution in [0.25, 0.3) is 6.08 Å². The predicted molar refractivity (Wildman–Crippen MR) is 152 cm³/mol. The Kier molecular flexibility index (Phi) is 14.1. The van der Waals surface area contributed by atoms with Crippen molar-refractivity contribution < 1.29 is 15.3 Å². The van der Waals surface area contributed by atoms with Gasteiger partial charge in [0.05, 0.1) is 5.60 Å². The summed E-state index contributed by atoms with van der Waals surface area (Å²) in [7, 11) is 0. The summed E-state index contributed by atoms with van der Waals surface area (Å²) >= 11 is 0. The van der Waals surface area contributed by atoms with Crippen molar-refractivity contribution >= 4 is 6.08 Å². The molecule has 0 aromatic heterocycles. The highest BCUT2D eigenvalue weighted by molar-refractivity contribution is 5.69. The van der Waals surface area contributed by atoms with Gasteiger partial charge >= 0.3 is 0 Å². The molecule has 0 saturated carbocycles. The van der Waals surface area contributed by atoms with Gasteiger partial charge in [-0.25, -0.2) is 0 Å². The number of phenolic OH excluding ortho intramolecular Hbond substituents is 2. The first-order valence-corrected chi connectivity index (χ1v) is 14.3. The van der Waals surface area contributed by atoms with Gasteiger partial charge in [0.15, 0.2) is 0 Å². The molecule has 3 heteroatoms. The van der Waals surface area contributed by atoms with E-state index >= 15 is 0 Å². The Morgan fingerprint density at radius 3 is 1.83 bits per heavy atom. The van der Waals surface area contributed by atoms with Crippen molar-refractivity contribution in [3.8, 4) is 11.5 Å². The smallest absolute Gasteiger partial charge is 0.126 e. The topological polar surface area (TPSA) is 60.7 Å². The Bertz CT molecular complexity index is 776. The summed E-state index contributed by atoms with van der Waals surface area (Å²) in [6, 6.07) is 0. The van der Waals surface area contributed by atoms with Gasteiger partial charge in [0.25, 0.3) is 0 Å². The molecule has 1 rings (SSSR count). The minimum atomic E-state index is -0.937. The van der Waals surface area contributed by atoms with Gasteiger partial charge in [-0.05, 0) is 68.9 Å². The van der Waals surface area contributed by atoms with Gasteiger partial charge in [-0.15, -0.1) is 0 Å². The fourth-order valence-electron chi connectivity index (χ4n) is 4.97. The molecule has 0 bridgehead atoms. The first-order valence-electron chi connectivity index (χ1n) is 14.3. The van der Waals surface area contributed by atoms with Crippen molar-refractivity contribution in [1.82, 2.24) is 0 Å². The van der Waals surface area contributed by atoms with E-state index < -0.39 is 5.60 Å². The van der Waals surface area contributed by atoms with E-state index in [0.29, 0.717) is 29.9 Å². The number of benzene rings is 1. The number of unbranched alkanes of at least 4 members (excludes halogenated alkanes) is 1. The van der Waals surface area contributed by atoms with Crippen LogP contribution in [0.3, 0.4) is 0 Å². The Morgan fingerprint density at radius 1 is 0.771 bits per heavy atom. The summed E-state index contributed by atoms with van der Waals surface area (Å²) in [6.07, 6.45) is 17.1. The second kappa shape index (κ2) is 15.6. The van der Waals surface area contributed by atoms with E-state index in [2.05, 4.69) is 34.6 Å². The number of aliphatic hydroxyl groups is 1. The third-order valence-electron chi connectivity index (χ3n) is 7.78. The minimum absolute atomic E-state index is 0.213. The zero-order valence-corrected chi connectivity index (χ0v) is 24.2. The standard InChI is InChI=1S/C32H56O3/c1-9-10-19-28-29(31(34)27(7)26(6)30(28)33)20-22-32(8,35)21-13-18-25(5)17-12-16-24(4)15-11-14-23(2)3/h20,22-25,33-35H,9-19,21H2,1-8H3/t24-,25-,32-/m1/s1. The van der Waals surface area contributed by atoms with Crippen molar-refractivity contribution in [3.63, 3.8) is 0 Å². The molecule has 0 saturated heterocycles. The maximum absolute atomic E-state index is 11.0. The van der Waals surface area contributed by atoms with Crippen LogP contribution in [0.15, 0.2) is 6.08 Å². The highest BCUT2D eigenvalue weighted by Gasteiger charge is 2.20. The molecule has 0 unspecified atom stereocenters. The van der Waals surface area contributed by atoms with Crippen LogP contribution >= 0.6 is 0 Å². The minimum Gasteiger partial charge on any atom is -0.507 e. The molecule has 0 aliphatic heterocycles. The Hall–Kier alpha value is -1.48. The molecule has 3 atom stereocenters. The van der Waals surface area contributed by atoms with Crippen molar-refractivity contribution in [3.05, 3.63) is 28.3 Å². The van der Waals surface area contributed by atoms with Gasteiger partial charge in [-0.1, -0.05) is 105 Å². The summed E-state index contributed by atoms with van der Waals surface area (Å²) < 4.78 is 0. The predicted octanol–water partition coefficient (Wildman–Crippen LogP) is 9.26. The monoisotopic (exact) mass is 488 g/mol. The molecule has 0 spiro atoms. The molecule has 3 nitrogen and oxygen atoms in total. The van der Waals surface area contributed by atoms with E-state index in [1.807, 2.05) is 26.8 Å². The molecule has 0 fully saturated rings. The number of phenols is 2. The normalized spacial score (nSPS) is 15.6. The molecule has 3 N–H and O–H groups in total. The highest BCUT2D eigenvalue weighted by atomic mass is 16.3. The summed E-state index contributed by atoms with van der Waals surface area (Å²) in [5.41, 5.74) is 1.93. The lowest BCUT2D eigenvalue weighted by molar-refractivity contribution is 0.0979. The van der Waals surface area contributed by atoms with Crippen molar-refractivity contribution in [2.24, 2.45) is 17.8 Å². The van der Waals surface area contributed by atoms with Gasteiger partial charge in [-0.3, -0.25) is 0 Å². The molecule has 1 aromatic rings. The zero-order chi connectivity index (χ0) is 26.6. The lowest BCUT2D eigenvalue weighted by atomic mass is 9.89. The van der Waals surface area contributed by atoms with E-state index in [1.165, 1.54) is 38.5 Å². The number of rotatable bonds is 17. The third kappa shape index (κ3) is 11.4. The van der Waals surface area contributed by atoms with Crippen LogP contribution in [-0.2, 0) is 6.42 Å². The molecule has 202 valence electrons. The van der Waals surface area contributed by atoms with E-state index in [-0.39, 0.29) is 11.5 Å². The second-order valence-corrected chi connectivity index (χ2v) is 12.0. The molecule has 0 heterocycles. The largest absolute Gasteiger partial charge is 0.507 e.